The highest BCUT2D eigenvalue weighted by atomic mass is 16.4. The number of carbonyl (C=O) groups is 1. The summed E-state index contributed by atoms with van der Waals surface area (Å²) in [5, 5.41) is 8.66. The van der Waals surface area contributed by atoms with Crippen LogP contribution in [0.1, 0.15) is 18.1 Å². The summed E-state index contributed by atoms with van der Waals surface area (Å²) >= 11 is 0. The molecule has 0 heterocycles. The summed E-state index contributed by atoms with van der Waals surface area (Å²) in [7, 11) is 0. The molecule has 0 atom stereocenters. The topological polar surface area (TPSA) is 37.3 Å². The molecule has 0 saturated heterocycles. The summed E-state index contributed by atoms with van der Waals surface area (Å²) in [6.45, 7) is 5.27. The quantitative estimate of drug-likeness (QED) is 0.762. The van der Waals surface area contributed by atoms with E-state index in [1.54, 1.807) is 19.1 Å². The van der Waals surface area contributed by atoms with Crippen molar-refractivity contribution in [3.05, 3.63) is 53.6 Å². The molecule has 0 bridgehead atoms. The summed E-state index contributed by atoms with van der Waals surface area (Å²) in [6.07, 6.45) is 4.14. The van der Waals surface area contributed by atoms with E-state index >= 15 is 0 Å². The van der Waals surface area contributed by atoms with E-state index in [0.29, 0.717) is 12.0 Å². The molecule has 1 aromatic rings. The third-order valence-corrected chi connectivity index (χ3v) is 2.20. The van der Waals surface area contributed by atoms with Gasteiger partial charge in [0.05, 0.1) is 0 Å². The summed E-state index contributed by atoms with van der Waals surface area (Å²) < 4.78 is 0. The Morgan fingerprint density at radius 1 is 1.40 bits per heavy atom. The summed E-state index contributed by atoms with van der Waals surface area (Å²) in [6, 6.07) is 7.88. The van der Waals surface area contributed by atoms with Crippen LogP contribution in [-0.4, -0.2) is 11.1 Å². The highest BCUT2D eigenvalue weighted by Gasteiger charge is 1.98. The molecule has 1 aromatic carbocycles. The Kier molecular flexibility index (Phi) is 3.86. The minimum Gasteiger partial charge on any atom is -0.478 e. The van der Waals surface area contributed by atoms with Crippen LogP contribution < -0.4 is 0 Å². The van der Waals surface area contributed by atoms with Gasteiger partial charge in [0.1, 0.15) is 0 Å². The van der Waals surface area contributed by atoms with Gasteiger partial charge in [-0.15, -0.1) is 0 Å². The van der Waals surface area contributed by atoms with Crippen LogP contribution in [0, 0.1) is 0 Å². The van der Waals surface area contributed by atoms with E-state index < -0.39 is 5.97 Å². The second kappa shape index (κ2) is 5.15. The van der Waals surface area contributed by atoms with Crippen LogP contribution in [-0.2, 0) is 11.2 Å². The molecule has 0 amide bonds. The van der Waals surface area contributed by atoms with Gasteiger partial charge in [0.2, 0.25) is 0 Å². The summed E-state index contributed by atoms with van der Waals surface area (Å²) in [5.41, 5.74) is 2.54. The molecule has 0 spiro atoms. The fourth-order valence-corrected chi connectivity index (χ4v) is 1.15. The van der Waals surface area contributed by atoms with Gasteiger partial charge >= 0.3 is 5.97 Å². The zero-order chi connectivity index (χ0) is 11.3. The van der Waals surface area contributed by atoms with Crippen LogP contribution in [0.3, 0.4) is 0 Å². The maximum absolute atomic E-state index is 10.5. The second-order valence-electron chi connectivity index (χ2n) is 3.34. The van der Waals surface area contributed by atoms with E-state index in [-0.39, 0.29) is 0 Å². The van der Waals surface area contributed by atoms with Crippen molar-refractivity contribution < 1.29 is 9.90 Å². The van der Waals surface area contributed by atoms with Crippen molar-refractivity contribution in [2.75, 3.05) is 0 Å². The smallest absolute Gasteiger partial charge is 0.330 e. The van der Waals surface area contributed by atoms with Crippen molar-refractivity contribution >= 4 is 12.0 Å². The Bertz CT molecular complexity index is 386. The third-order valence-electron chi connectivity index (χ3n) is 2.20. The molecule has 0 unspecified atom stereocenters. The lowest BCUT2D eigenvalue weighted by Gasteiger charge is -1.98. The molecule has 0 aliphatic rings. The number of rotatable bonds is 4. The summed E-state index contributed by atoms with van der Waals surface area (Å²) in [4.78, 5) is 10.5. The van der Waals surface area contributed by atoms with Crippen molar-refractivity contribution in [1.82, 2.24) is 0 Å². The zero-order valence-electron chi connectivity index (χ0n) is 8.73. The van der Waals surface area contributed by atoms with E-state index in [1.807, 2.05) is 24.3 Å². The Balaban J connectivity index is 2.69. The number of benzene rings is 1. The van der Waals surface area contributed by atoms with Gasteiger partial charge in [0, 0.05) is 5.57 Å². The van der Waals surface area contributed by atoms with Gasteiger partial charge < -0.3 is 5.11 Å². The fourth-order valence-electron chi connectivity index (χ4n) is 1.15. The molecule has 1 N–H and O–H groups in total. The van der Waals surface area contributed by atoms with Crippen LogP contribution in [0.4, 0.5) is 0 Å². The van der Waals surface area contributed by atoms with Crippen molar-refractivity contribution in [2.45, 2.75) is 13.3 Å². The predicted molar refractivity (Wildman–Crippen MR) is 61.6 cm³/mol. The molecule has 2 heteroatoms. The number of hydrogen-bond acceptors (Lipinski definition) is 1. The lowest BCUT2D eigenvalue weighted by Crippen LogP contribution is -1.96. The Morgan fingerprint density at radius 2 is 2.00 bits per heavy atom. The molecule has 78 valence electrons. The SMILES string of the molecule is C=Cc1ccc(C/C=C(\C)C(=O)O)cc1. The number of aliphatic carboxylic acids is 1. The number of allylic oxidation sites excluding steroid dienone is 1. The molecule has 0 radical (unpaired) electrons. The molecule has 0 aliphatic heterocycles. The summed E-state index contributed by atoms with van der Waals surface area (Å²) in [5.74, 6) is -0.863. The molecular weight excluding hydrogens is 188 g/mol. The molecule has 0 fully saturated rings. The number of carboxylic acid groups (broad SMARTS) is 1. The van der Waals surface area contributed by atoms with Crippen LogP contribution in [0.15, 0.2) is 42.5 Å². The highest BCUT2D eigenvalue weighted by molar-refractivity contribution is 5.85. The van der Waals surface area contributed by atoms with Crippen LogP contribution >= 0.6 is 0 Å². The highest BCUT2D eigenvalue weighted by Crippen LogP contribution is 2.07. The lowest BCUT2D eigenvalue weighted by molar-refractivity contribution is -0.132. The molecule has 0 aromatic heterocycles. The normalized spacial score (nSPS) is 11.1. The average molecular weight is 202 g/mol. The van der Waals surface area contributed by atoms with E-state index in [1.165, 1.54) is 0 Å². The first-order valence-electron chi connectivity index (χ1n) is 4.75. The first-order valence-corrected chi connectivity index (χ1v) is 4.75. The molecule has 2 nitrogen and oxygen atoms in total. The van der Waals surface area contributed by atoms with E-state index in [4.69, 9.17) is 5.11 Å². The largest absolute Gasteiger partial charge is 0.478 e. The van der Waals surface area contributed by atoms with Crippen molar-refractivity contribution in [3.8, 4) is 0 Å². The van der Waals surface area contributed by atoms with Crippen molar-refractivity contribution in [1.29, 1.82) is 0 Å². The standard InChI is InChI=1S/C13H14O2/c1-3-11-6-8-12(9-7-11)5-4-10(2)13(14)15/h3-4,6-9H,1,5H2,2H3,(H,14,15)/b10-4+. The molecule has 1 rings (SSSR count). The van der Waals surface area contributed by atoms with Gasteiger partial charge in [-0.3, -0.25) is 0 Å². The van der Waals surface area contributed by atoms with E-state index in [9.17, 15) is 4.79 Å². The maximum Gasteiger partial charge on any atom is 0.330 e. The minimum absolute atomic E-state index is 0.378. The third kappa shape index (κ3) is 3.43. The minimum atomic E-state index is -0.863. The molecular formula is C13H14O2. The Hall–Kier alpha value is -1.83. The van der Waals surface area contributed by atoms with E-state index in [0.717, 1.165) is 11.1 Å². The monoisotopic (exact) mass is 202 g/mol. The lowest BCUT2D eigenvalue weighted by atomic mass is 10.1. The Morgan fingerprint density at radius 3 is 2.47 bits per heavy atom. The molecule has 0 saturated carbocycles. The van der Waals surface area contributed by atoms with Crippen molar-refractivity contribution in [2.24, 2.45) is 0 Å². The van der Waals surface area contributed by atoms with Crippen molar-refractivity contribution in [3.63, 3.8) is 0 Å². The first-order chi connectivity index (χ1) is 7.13. The van der Waals surface area contributed by atoms with Gasteiger partial charge in [-0.1, -0.05) is 43.0 Å². The average Bonchev–Trinajstić information content (AvgIpc) is 2.26. The van der Waals surface area contributed by atoms with E-state index in [2.05, 4.69) is 6.58 Å². The first kappa shape index (κ1) is 11.2. The van der Waals surface area contributed by atoms with Gasteiger partial charge in [0.15, 0.2) is 0 Å². The fraction of sp³-hybridized carbons (Fsp3) is 0.154. The number of hydrogen-bond donors (Lipinski definition) is 1. The number of carboxylic acids is 1. The zero-order valence-corrected chi connectivity index (χ0v) is 8.73. The van der Waals surface area contributed by atoms with Crippen LogP contribution in [0.5, 0.6) is 0 Å². The van der Waals surface area contributed by atoms with Gasteiger partial charge in [-0.25, -0.2) is 4.79 Å². The van der Waals surface area contributed by atoms with Gasteiger partial charge in [-0.2, -0.15) is 0 Å². The van der Waals surface area contributed by atoms with Gasteiger partial charge in [-0.05, 0) is 24.5 Å². The maximum atomic E-state index is 10.5. The Labute approximate surface area is 89.6 Å². The molecule has 15 heavy (non-hydrogen) atoms. The van der Waals surface area contributed by atoms with Crippen LogP contribution in [0.2, 0.25) is 0 Å². The predicted octanol–water partition coefficient (Wildman–Crippen LogP) is 2.90. The molecule has 0 aliphatic carbocycles. The second-order valence-corrected chi connectivity index (χ2v) is 3.34. The van der Waals surface area contributed by atoms with Gasteiger partial charge in [0.25, 0.3) is 0 Å². The van der Waals surface area contributed by atoms with Crippen LogP contribution in [0.25, 0.3) is 6.08 Å².